The molecule has 2 fully saturated rings. The largest absolute Gasteiger partial charge is 0.481 e. The van der Waals surface area contributed by atoms with Crippen LogP contribution in [0.5, 0.6) is 0 Å². The molecule has 3 N–H and O–H groups in total. The van der Waals surface area contributed by atoms with Gasteiger partial charge in [-0.3, -0.25) is 4.79 Å². The number of rotatable bonds is 6. The number of aromatic nitrogens is 2. The van der Waals surface area contributed by atoms with Crippen molar-refractivity contribution < 1.29 is 24.0 Å². The maximum Gasteiger partial charge on any atom is 0.408 e. The number of ether oxygens (including phenoxy) is 1. The molecule has 0 bridgehead atoms. The number of hydrogen-bond donors (Lipinski definition) is 3. The Morgan fingerprint density at radius 3 is 2.06 bits per heavy atom. The molecule has 2 aliphatic rings. The summed E-state index contributed by atoms with van der Waals surface area (Å²) in [5.41, 5.74) is -0.590. The van der Waals surface area contributed by atoms with E-state index in [0.29, 0.717) is 0 Å². The third kappa shape index (κ3) is 11.1. The predicted octanol–water partition coefficient (Wildman–Crippen LogP) is 3.96. The van der Waals surface area contributed by atoms with Crippen molar-refractivity contribution in [3.8, 4) is 0 Å². The number of aliphatic carboxylic acids is 1. The van der Waals surface area contributed by atoms with Crippen LogP contribution in [-0.4, -0.2) is 45.0 Å². The van der Waals surface area contributed by atoms with Crippen LogP contribution < -0.4 is 10.6 Å². The molecular formula is C22H38N4O5. The molecule has 1 amide bonds. The second kappa shape index (κ2) is 12.6. The van der Waals surface area contributed by atoms with E-state index in [1.165, 1.54) is 64.2 Å². The number of hydrogen-bond acceptors (Lipinski definition) is 7. The summed E-state index contributed by atoms with van der Waals surface area (Å²) in [6.45, 7) is 5.21. The van der Waals surface area contributed by atoms with E-state index >= 15 is 0 Å². The minimum Gasteiger partial charge on any atom is -0.481 e. The molecule has 0 spiro atoms. The average molecular weight is 439 g/mol. The molecule has 0 unspecified atom stereocenters. The fraction of sp³-hybridized carbons (Fsp3) is 0.818. The van der Waals surface area contributed by atoms with E-state index in [-0.39, 0.29) is 24.7 Å². The number of nitrogens with zero attached hydrogens (tertiary/aromatic N) is 2. The normalized spacial score (nSPS) is 18.0. The number of carboxylic acid groups (broad SMARTS) is 1. The van der Waals surface area contributed by atoms with E-state index in [4.69, 9.17) is 14.4 Å². The van der Waals surface area contributed by atoms with Crippen LogP contribution in [0.1, 0.15) is 96.7 Å². The molecule has 2 aliphatic carbocycles. The Bertz CT molecular complexity index is 658. The van der Waals surface area contributed by atoms with Crippen LogP contribution in [0.25, 0.3) is 0 Å². The number of nitrogens with one attached hydrogen (secondary N) is 2. The van der Waals surface area contributed by atoms with Gasteiger partial charge < -0.3 is 25.0 Å². The number of alkyl carbamates (subject to hydrolysis) is 1. The average Bonchev–Trinajstić information content (AvgIpc) is 3.14. The molecule has 2 saturated carbocycles. The number of amides is 1. The molecule has 0 radical (unpaired) electrons. The van der Waals surface area contributed by atoms with E-state index in [9.17, 15) is 9.59 Å². The number of carboxylic acids is 1. The van der Waals surface area contributed by atoms with Crippen molar-refractivity contribution in [2.24, 2.45) is 0 Å². The lowest BCUT2D eigenvalue weighted by Crippen LogP contribution is -2.40. The zero-order chi connectivity index (χ0) is 22.7. The van der Waals surface area contributed by atoms with Crippen LogP contribution in [0, 0.1) is 0 Å². The standard InChI is InChI=1S/C12H23N.C10H15N3O5/c1-3-7-11(8-4-1)13-12-9-5-2-6-10-12;1-10(2,3)17-9(16)11-5-7-12-6(13-18-7)4-8(14)15/h11-13H,1-10H2;4-5H2,1-3H3,(H,11,16)(H,14,15). The van der Waals surface area contributed by atoms with E-state index in [2.05, 4.69) is 20.8 Å². The van der Waals surface area contributed by atoms with Gasteiger partial charge in [-0.25, -0.2) is 4.79 Å². The van der Waals surface area contributed by atoms with Gasteiger partial charge >= 0.3 is 12.1 Å². The first-order chi connectivity index (χ1) is 14.7. The molecular weight excluding hydrogens is 400 g/mol. The molecule has 0 aromatic carbocycles. The zero-order valence-electron chi connectivity index (χ0n) is 19.1. The van der Waals surface area contributed by atoms with E-state index in [0.717, 1.165) is 12.1 Å². The van der Waals surface area contributed by atoms with Gasteiger partial charge in [-0.2, -0.15) is 4.98 Å². The summed E-state index contributed by atoms with van der Waals surface area (Å²) >= 11 is 0. The highest BCUT2D eigenvalue weighted by molar-refractivity contribution is 5.69. The lowest BCUT2D eigenvalue weighted by Gasteiger charge is -2.30. The highest BCUT2D eigenvalue weighted by atomic mass is 16.6. The van der Waals surface area contributed by atoms with E-state index < -0.39 is 17.7 Å². The number of carbonyl (C=O) groups is 2. The molecule has 3 rings (SSSR count). The molecule has 0 aliphatic heterocycles. The molecule has 1 aromatic rings. The van der Waals surface area contributed by atoms with Gasteiger partial charge in [0.2, 0.25) is 5.89 Å². The lowest BCUT2D eigenvalue weighted by molar-refractivity contribution is -0.136. The molecule has 9 nitrogen and oxygen atoms in total. The van der Waals surface area contributed by atoms with Gasteiger partial charge in [0.05, 0.1) is 0 Å². The molecule has 1 heterocycles. The Hall–Kier alpha value is -2.16. The van der Waals surface area contributed by atoms with Crippen LogP contribution in [-0.2, 0) is 22.5 Å². The van der Waals surface area contributed by atoms with Crippen molar-refractivity contribution in [1.29, 1.82) is 0 Å². The fourth-order valence-corrected chi connectivity index (χ4v) is 3.90. The summed E-state index contributed by atoms with van der Waals surface area (Å²) < 4.78 is 9.75. The predicted molar refractivity (Wildman–Crippen MR) is 116 cm³/mol. The van der Waals surface area contributed by atoms with Crippen LogP contribution in [0.15, 0.2) is 4.52 Å². The minimum absolute atomic E-state index is 0.0124. The Morgan fingerprint density at radius 1 is 1.03 bits per heavy atom. The van der Waals surface area contributed by atoms with Crippen molar-refractivity contribution in [3.63, 3.8) is 0 Å². The van der Waals surface area contributed by atoms with Crippen molar-refractivity contribution in [2.45, 2.75) is 116 Å². The Morgan fingerprint density at radius 2 is 1.58 bits per heavy atom. The van der Waals surface area contributed by atoms with Gasteiger partial charge in [-0.1, -0.05) is 43.7 Å². The topological polar surface area (TPSA) is 127 Å². The highest BCUT2D eigenvalue weighted by Gasteiger charge is 2.19. The minimum atomic E-state index is -1.05. The zero-order valence-corrected chi connectivity index (χ0v) is 19.1. The second-order valence-electron chi connectivity index (χ2n) is 9.37. The van der Waals surface area contributed by atoms with Crippen molar-refractivity contribution in [1.82, 2.24) is 20.8 Å². The molecule has 0 saturated heterocycles. The maximum atomic E-state index is 11.3. The van der Waals surface area contributed by atoms with Crippen LogP contribution >= 0.6 is 0 Å². The number of carbonyl (C=O) groups excluding carboxylic acids is 1. The van der Waals surface area contributed by atoms with Gasteiger partial charge in [-0.15, -0.1) is 0 Å². The van der Waals surface area contributed by atoms with Crippen molar-refractivity contribution >= 4 is 12.1 Å². The van der Waals surface area contributed by atoms with Crippen molar-refractivity contribution in [2.75, 3.05) is 0 Å². The first kappa shape index (κ1) is 25.1. The summed E-state index contributed by atoms with van der Waals surface area (Å²) in [4.78, 5) is 25.5. The smallest absolute Gasteiger partial charge is 0.408 e. The summed E-state index contributed by atoms with van der Waals surface area (Å²) in [6.07, 6.45) is 13.6. The van der Waals surface area contributed by atoms with Crippen LogP contribution in [0.4, 0.5) is 4.79 Å². The van der Waals surface area contributed by atoms with Crippen LogP contribution in [0.3, 0.4) is 0 Å². The van der Waals surface area contributed by atoms with Gasteiger partial charge in [0.1, 0.15) is 18.6 Å². The summed E-state index contributed by atoms with van der Waals surface area (Å²) in [5, 5.41) is 18.2. The SMILES string of the molecule is C1CCC(NC2CCCCC2)CC1.CC(C)(C)OC(=O)NCc1nc(CC(=O)O)no1. The Labute approximate surface area is 184 Å². The van der Waals surface area contributed by atoms with Crippen LogP contribution in [0.2, 0.25) is 0 Å². The van der Waals surface area contributed by atoms with Gasteiger partial charge in [-0.05, 0) is 46.5 Å². The molecule has 176 valence electrons. The quantitative estimate of drug-likeness (QED) is 0.609. The Balaban J connectivity index is 0.000000231. The van der Waals surface area contributed by atoms with Gasteiger partial charge in [0, 0.05) is 12.1 Å². The summed E-state index contributed by atoms with van der Waals surface area (Å²) in [6, 6.07) is 1.74. The monoisotopic (exact) mass is 438 g/mol. The molecule has 31 heavy (non-hydrogen) atoms. The van der Waals surface area contributed by atoms with Gasteiger partial charge in [0.15, 0.2) is 5.82 Å². The highest BCUT2D eigenvalue weighted by Crippen LogP contribution is 2.22. The third-order valence-corrected chi connectivity index (χ3v) is 5.28. The summed E-state index contributed by atoms with van der Waals surface area (Å²) in [7, 11) is 0. The second-order valence-corrected chi connectivity index (χ2v) is 9.37. The fourth-order valence-electron chi connectivity index (χ4n) is 3.90. The first-order valence-electron chi connectivity index (χ1n) is 11.5. The van der Waals surface area contributed by atoms with E-state index in [1.54, 1.807) is 20.8 Å². The van der Waals surface area contributed by atoms with E-state index in [1.807, 2.05) is 0 Å². The molecule has 1 aromatic heterocycles. The molecule has 9 heteroatoms. The summed E-state index contributed by atoms with van der Waals surface area (Å²) in [5.74, 6) is -0.872. The first-order valence-corrected chi connectivity index (χ1v) is 11.5. The molecule has 0 atom stereocenters. The Kier molecular flexibility index (Phi) is 10.2. The lowest BCUT2D eigenvalue weighted by atomic mass is 9.91. The van der Waals surface area contributed by atoms with Crippen molar-refractivity contribution in [3.05, 3.63) is 11.7 Å². The van der Waals surface area contributed by atoms with Gasteiger partial charge in [0.25, 0.3) is 0 Å². The third-order valence-electron chi connectivity index (χ3n) is 5.28. The maximum absolute atomic E-state index is 11.3.